The van der Waals surface area contributed by atoms with E-state index in [2.05, 4.69) is 26.3 Å². The van der Waals surface area contributed by atoms with Gasteiger partial charge in [-0.1, -0.05) is 60.1 Å². The molecule has 186 valence electrons. The first kappa shape index (κ1) is 24.3. The van der Waals surface area contributed by atoms with E-state index >= 15 is 0 Å². The highest BCUT2D eigenvalue weighted by atomic mass is 35.5. The summed E-state index contributed by atoms with van der Waals surface area (Å²) in [5.74, 6) is 0.106. The maximum absolute atomic E-state index is 13.4. The van der Waals surface area contributed by atoms with Gasteiger partial charge in [-0.15, -0.1) is 0 Å². The van der Waals surface area contributed by atoms with Crippen LogP contribution in [0.4, 0.5) is 5.82 Å². The van der Waals surface area contributed by atoms with Crippen molar-refractivity contribution >= 4 is 40.3 Å². The van der Waals surface area contributed by atoms with Crippen LogP contribution in [-0.4, -0.2) is 51.3 Å². The number of carbonyl (C=O) groups is 2. The lowest BCUT2D eigenvalue weighted by Crippen LogP contribution is -2.44. The molecular weight excluding hydrogens is 490 g/mol. The quantitative estimate of drug-likeness (QED) is 0.357. The summed E-state index contributed by atoms with van der Waals surface area (Å²) in [5.41, 5.74) is 6.98. The lowest BCUT2D eigenvalue weighted by atomic mass is 9.74. The highest BCUT2D eigenvalue weighted by molar-refractivity contribution is 6.31. The third kappa shape index (κ3) is 4.71. The molecular formula is C27H24ClN7O2. The molecule has 4 aromatic rings. The van der Waals surface area contributed by atoms with Crippen molar-refractivity contribution in [3.05, 3.63) is 76.9 Å². The van der Waals surface area contributed by atoms with E-state index in [0.29, 0.717) is 59.3 Å². The number of nitrogens with two attached hydrogens (primary N) is 1. The molecule has 1 fully saturated rings. The van der Waals surface area contributed by atoms with Gasteiger partial charge in [-0.25, -0.2) is 9.97 Å². The smallest absolute Gasteiger partial charge is 0.270 e. The number of nitrogens with zero attached hydrogens (tertiary/aromatic N) is 4. The SMILES string of the molecule is N#CC1(c2ccccc2Cl)CCN(C(=O)c2cc3c(NCC(N)=O)nc(-c4ccccc4)nc3[nH]2)CC1. The second-order valence-corrected chi connectivity index (χ2v) is 9.40. The van der Waals surface area contributed by atoms with Crippen LogP contribution >= 0.6 is 11.6 Å². The number of nitrogens with one attached hydrogen (secondary N) is 2. The number of likely N-dealkylation sites (tertiary alicyclic amines) is 1. The molecule has 0 spiro atoms. The summed E-state index contributed by atoms with van der Waals surface area (Å²) in [5, 5.41) is 14.1. The molecule has 1 aliphatic heterocycles. The van der Waals surface area contributed by atoms with E-state index in [1.165, 1.54) is 0 Å². The normalized spacial score (nSPS) is 14.8. The number of carbonyl (C=O) groups excluding carboxylic acids is 2. The minimum Gasteiger partial charge on any atom is -0.368 e. The van der Waals surface area contributed by atoms with Crippen LogP contribution in [0.1, 0.15) is 28.9 Å². The van der Waals surface area contributed by atoms with Crippen LogP contribution in [-0.2, 0) is 10.2 Å². The maximum atomic E-state index is 13.4. The number of hydrogen-bond acceptors (Lipinski definition) is 6. The molecule has 0 radical (unpaired) electrons. The first-order valence-electron chi connectivity index (χ1n) is 11.8. The molecule has 0 saturated carbocycles. The first-order chi connectivity index (χ1) is 17.9. The number of rotatable bonds is 6. The number of piperidine rings is 1. The van der Waals surface area contributed by atoms with Gasteiger partial charge in [0.2, 0.25) is 5.91 Å². The number of aromatic nitrogens is 3. The van der Waals surface area contributed by atoms with Gasteiger partial charge in [-0.05, 0) is 30.5 Å². The van der Waals surface area contributed by atoms with Gasteiger partial charge in [-0.2, -0.15) is 5.26 Å². The molecule has 3 heterocycles. The zero-order valence-electron chi connectivity index (χ0n) is 19.9. The third-order valence-corrected chi connectivity index (χ3v) is 7.02. The average molecular weight is 514 g/mol. The van der Waals surface area contributed by atoms with Crippen molar-refractivity contribution in [1.82, 2.24) is 19.9 Å². The molecule has 9 nitrogen and oxygen atoms in total. The zero-order valence-corrected chi connectivity index (χ0v) is 20.6. The Labute approximate surface area is 218 Å². The molecule has 4 N–H and O–H groups in total. The second-order valence-electron chi connectivity index (χ2n) is 8.99. The van der Waals surface area contributed by atoms with Gasteiger partial charge < -0.3 is 20.9 Å². The van der Waals surface area contributed by atoms with Crippen LogP contribution in [0, 0.1) is 11.3 Å². The first-order valence-corrected chi connectivity index (χ1v) is 12.2. The highest BCUT2D eigenvalue weighted by Crippen LogP contribution is 2.39. The van der Waals surface area contributed by atoms with Crippen LogP contribution in [0.2, 0.25) is 5.02 Å². The summed E-state index contributed by atoms with van der Waals surface area (Å²) in [4.78, 5) is 38.9. The number of fused-ring (bicyclic) bond motifs is 1. The van der Waals surface area contributed by atoms with E-state index in [1.54, 1.807) is 17.0 Å². The van der Waals surface area contributed by atoms with E-state index in [4.69, 9.17) is 17.3 Å². The lowest BCUT2D eigenvalue weighted by Gasteiger charge is -2.37. The number of primary amides is 1. The van der Waals surface area contributed by atoms with E-state index in [1.807, 2.05) is 48.5 Å². The molecule has 2 amide bonds. The standard InChI is InChI=1S/C27H24ClN7O2/c28-20-9-5-4-8-19(20)27(16-29)10-12-35(13-11-27)26(37)21-14-18-24(31-15-22(30)36)33-23(34-25(18)32-21)17-6-2-1-3-7-17/h1-9,14H,10-13,15H2,(H2,30,36)(H2,31,32,33,34). The molecule has 1 aliphatic rings. The Morgan fingerprint density at radius 3 is 2.49 bits per heavy atom. The van der Waals surface area contributed by atoms with Crippen LogP contribution < -0.4 is 11.1 Å². The Balaban J connectivity index is 1.43. The molecule has 1 saturated heterocycles. The fourth-order valence-corrected chi connectivity index (χ4v) is 5.02. The maximum Gasteiger partial charge on any atom is 0.270 e. The molecule has 2 aromatic carbocycles. The van der Waals surface area contributed by atoms with Gasteiger partial charge in [0.05, 0.1) is 23.4 Å². The number of nitriles is 1. The van der Waals surface area contributed by atoms with Crippen LogP contribution in [0.15, 0.2) is 60.7 Å². The molecule has 0 unspecified atom stereocenters. The van der Waals surface area contributed by atoms with E-state index < -0.39 is 11.3 Å². The number of benzene rings is 2. The van der Waals surface area contributed by atoms with Crippen molar-refractivity contribution in [2.24, 2.45) is 5.73 Å². The number of hydrogen-bond donors (Lipinski definition) is 3. The predicted octanol–water partition coefficient (Wildman–Crippen LogP) is 3.87. The van der Waals surface area contributed by atoms with Gasteiger partial charge >= 0.3 is 0 Å². The Hall–Kier alpha value is -4.42. The van der Waals surface area contributed by atoms with Gasteiger partial charge in [0.25, 0.3) is 5.91 Å². The lowest BCUT2D eigenvalue weighted by molar-refractivity contribution is -0.116. The van der Waals surface area contributed by atoms with Crippen molar-refractivity contribution in [3.63, 3.8) is 0 Å². The van der Waals surface area contributed by atoms with Crippen LogP contribution in [0.3, 0.4) is 0 Å². The van der Waals surface area contributed by atoms with Crippen molar-refractivity contribution in [2.75, 3.05) is 25.0 Å². The Morgan fingerprint density at radius 1 is 1.11 bits per heavy atom. The highest BCUT2D eigenvalue weighted by Gasteiger charge is 2.39. The number of amides is 2. The second kappa shape index (κ2) is 9.91. The van der Waals surface area contributed by atoms with Crippen molar-refractivity contribution in [2.45, 2.75) is 18.3 Å². The molecule has 0 atom stereocenters. The minimum absolute atomic E-state index is 0.112. The Morgan fingerprint density at radius 2 is 1.81 bits per heavy atom. The van der Waals surface area contributed by atoms with E-state index in [9.17, 15) is 14.9 Å². The van der Waals surface area contributed by atoms with Crippen LogP contribution in [0.5, 0.6) is 0 Å². The molecule has 37 heavy (non-hydrogen) atoms. The minimum atomic E-state index is -0.739. The third-order valence-electron chi connectivity index (χ3n) is 6.69. The summed E-state index contributed by atoms with van der Waals surface area (Å²) in [7, 11) is 0. The summed E-state index contributed by atoms with van der Waals surface area (Å²) >= 11 is 6.40. The largest absolute Gasteiger partial charge is 0.368 e. The summed E-state index contributed by atoms with van der Waals surface area (Å²) in [6, 6.07) is 20.9. The molecule has 2 aromatic heterocycles. The fourth-order valence-electron chi connectivity index (χ4n) is 4.70. The molecule has 10 heteroatoms. The summed E-state index contributed by atoms with van der Waals surface area (Å²) in [6.45, 7) is 0.695. The van der Waals surface area contributed by atoms with Gasteiger partial charge in [0.15, 0.2) is 5.82 Å². The summed E-state index contributed by atoms with van der Waals surface area (Å²) < 4.78 is 0. The van der Waals surface area contributed by atoms with Gasteiger partial charge in [-0.3, -0.25) is 9.59 Å². The predicted molar refractivity (Wildman–Crippen MR) is 141 cm³/mol. The van der Waals surface area contributed by atoms with E-state index in [-0.39, 0.29) is 12.5 Å². The average Bonchev–Trinajstić information content (AvgIpc) is 3.36. The van der Waals surface area contributed by atoms with Crippen LogP contribution in [0.25, 0.3) is 22.4 Å². The van der Waals surface area contributed by atoms with Gasteiger partial charge in [0, 0.05) is 23.7 Å². The number of H-pyrrole nitrogens is 1. The number of anilines is 1. The molecule has 5 rings (SSSR count). The Bertz CT molecular complexity index is 1520. The molecule has 0 bridgehead atoms. The van der Waals surface area contributed by atoms with Gasteiger partial charge in [0.1, 0.15) is 17.2 Å². The number of aromatic amines is 1. The zero-order chi connectivity index (χ0) is 26.0. The van der Waals surface area contributed by atoms with Crippen molar-refractivity contribution in [3.8, 4) is 17.5 Å². The van der Waals surface area contributed by atoms with Crippen molar-refractivity contribution < 1.29 is 9.59 Å². The number of halogens is 1. The van der Waals surface area contributed by atoms with Crippen molar-refractivity contribution in [1.29, 1.82) is 5.26 Å². The Kier molecular flexibility index (Phi) is 6.51. The summed E-state index contributed by atoms with van der Waals surface area (Å²) in [6.07, 6.45) is 0.950. The van der Waals surface area contributed by atoms with E-state index in [0.717, 1.165) is 11.1 Å². The topological polar surface area (TPSA) is 141 Å². The monoisotopic (exact) mass is 513 g/mol. The molecule has 0 aliphatic carbocycles. The fraction of sp³-hybridized carbons (Fsp3) is 0.222.